The third-order valence-corrected chi connectivity index (χ3v) is 4.09. The fourth-order valence-corrected chi connectivity index (χ4v) is 2.90. The maximum absolute atomic E-state index is 13.7. The summed E-state index contributed by atoms with van der Waals surface area (Å²) in [5, 5.41) is 0. The summed E-state index contributed by atoms with van der Waals surface area (Å²) in [6.45, 7) is 4.01. The molecule has 1 amide bonds. The Hall–Kier alpha value is -2.54. The summed E-state index contributed by atoms with van der Waals surface area (Å²) in [6, 6.07) is 5.89. The Labute approximate surface area is 145 Å². The summed E-state index contributed by atoms with van der Waals surface area (Å²) in [5.74, 6) is -0.334. The van der Waals surface area contributed by atoms with Gasteiger partial charge < -0.3 is 15.4 Å². The van der Waals surface area contributed by atoms with Crippen molar-refractivity contribution in [2.24, 2.45) is 5.73 Å². The maximum atomic E-state index is 13.7. The number of rotatable bonds is 4. The van der Waals surface area contributed by atoms with Gasteiger partial charge in [0.05, 0.1) is 29.7 Å². The summed E-state index contributed by atoms with van der Waals surface area (Å²) in [5.41, 5.74) is 5.62. The van der Waals surface area contributed by atoms with Crippen molar-refractivity contribution in [3.05, 3.63) is 48.2 Å². The van der Waals surface area contributed by atoms with Crippen molar-refractivity contribution < 1.29 is 13.9 Å². The zero-order valence-corrected chi connectivity index (χ0v) is 14.3. The molecule has 25 heavy (non-hydrogen) atoms. The van der Waals surface area contributed by atoms with E-state index < -0.39 is 11.4 Å². The lowest BCUT2D eigenvalue weighted by atomic mass is 10.0. The highest BCUT2D eigenvalue weighted by Gasteiger charge is 2.37. The monoisotopic (exact) mass is 344 g/mol. The number of hydrogen-bond acceptors (Lipinski definition) is 5. The van der Waals surface area contributed by atoms with E-state index >= 15 is 0 Å². The van der Waals surface area contributed by atoms with E-state index in [1.54, 1.807) is 37.1 Å². The lowest BCUT2D eigenvalue weighted by Gasteiger charge is -2.30. The van der Waals surface area contributed by atoms with E-state index in [0.717, 1.165) is 12.8 Å². The molecule has 1 fully saturated rings. The molecule has 2 N–H and O–H groups in total. The van der Waals surface area contributed by atoms with E-state index in [4.69, 9.17) is 10.5 Å². The van der Waals surface area contributed by atoms with E-state index in [2.05, 4.69) is 9.97 Å². The highest BCUT2D eigenvalue weighted by Crippen LogP contribution is 2.33. The second-order valence-corrected chi connectivity index (χ2v) is 6.69. The summed E-state index contributed by atoms with van der Waals surface area (Å²) in [6.07, 6.45) is 4.67. The first-order valence-corrected chi connectivity index (χ1v) is 8.20. The summed E-state index contributed by atoms with van der Waals surface area (Å²) < 4.78 is 19.2. The summed E-state index contributed by atoms with van der Waals surface area (Å²) in [4.78, 5) is 22.8. The number of carbonyl (C=O) groups is 1. The number of likely N-dealkylation sites (tertiary alicyclic amines) is 1. The minimum Gasteiger partial charge on any atom is -0.434 e. The fraction of sp³-hybridized carbons (Fsp3) is 0.389. The second kappa shape index (κ2) is 6.76. The molecule has 0 radical (unpaired) electrons. The Bertz CT molecular complexity index is 776. The Kier molecular flexibility index (Phi) is 4.67. The molecule has 7 heteroatoms. The molecule has 0 spiro atoms. The van der Waals surface area contributed by atoms with Gasteiger partial charge in [-0.05, 0) is 38.8 Å². The Balaban J connectivity index is 1.83. The van der Waals surface area contributed by atoms with E-state index in [-0.39, 0.29) is 23.6 Å². The van der Waals surface area contributed by atoms with Crippen molar-refractivity contribution in [1.29, 1.82) is 0 Å². The fourth-order valence-electron chi connectivity index (χ4n) is 2.90. The van der Waals surface area contributed by atoms with Gasteiger partial charge in [-0.25, -0.2) is 9.37 Å². The molecule has 2 heterocycles. The number of amides is 1. The number of hydrogen-bond donors (Lipinski definition) is 1. The van der Waals surface area contributed by atoms with Gasteiger partial charge in [0.15, 0.2) is 11.6 Å². The molecule has 1 aliphatic rings. The molecule has 1 unspecified atom stereocenters. The van der Waals surface area contributed by atoms with Crippen molar-refractivity contribution in [3.63, 3.8) is 0 Å². The van der Waals surface area contributed by atoms with Crippen molar-refractivity contribution in [1.82, 2.24) is 14.9 Å². The molecular formula is C18H21FN4O2. The van der Waals surface area contributed by atoms with E-state index in [0.29, 0.717) is 12.2 Å². The molecule has 3 rings (SSSR count). The summed E-state index contributed by atoms with van der Waals surface area (Å²) >= 11 is 0. The van der Waals surface area contributed by atoms with Crippen LogP contribution in [0.15, 0.2) is 36.7 Å². The number of benzene rings is 1. The molecule has 1 saturated heterocycles. The smallest absolute Gasteiger partial charge is 0.242 e. The predicted octanol–water partition coefficient (Wildman–Crippen LogP) is 2.81. The second-order valence-electron chi connectivity index (χ2n) is 6.69. The largest absolute Gasteiger partial charge is 0.434 e. The van der Waals surface area contributed by atoms with Gasteiger partial charge in [-0.1, -0.05) is 12.1 Å². The Morgan fingerprint density at radius 3 is 2.84 bits per heavy atom. The van der Waals surface area contributed by atoms with Crippen molar-refractivity contribution >= 4 is 5.91 Å². The van der Waals surface area contributed by atoms with Gasteiger partial charge in [0.1, 0.15) is 0 Å². The quantitative estimate of drug-likeness (QED) is 0.922. The molecule has 6 nitrogen and oxygen atoms in total. The lowest BCUT2D eigenvalue weighted by Crippen LogP contribution is -2.50. The zero-order valence-electron chi connectivity index (χ0n) is 14.3. The third kappa shape index (κ3) is 3.76. The number of ether oxygens (including phenoxy) is 1. The van der Waals surface area contributed by atoms with Crippen LogP contribution in [0.1, 0.15) is 38.4 Å². The van der Waals surface area contributed by atoms with Crippen LogP contribution in [-0.4, -0.2) is 32.9 Å². The van der Waals surface area contributed by atoms with E-state index in [1.165, 1.54) is 18.3 Å². The highest BCUT2D eigenvalue weighted by molar-refractivity contribution is 5.85. The number of aromatic nitrogens is 2. The number of halogens is 1. The first kappa shape index (κ1) is 17.3. The molecule has 1 aromatic carbocycles. The van der Waals surface area contributed by atoms with Crippen LogP contribution in [-0.2, 0) is 4.79 Å². The first-order valence-electron chi connectivity index (χ1n) is 8.20. The third-order valence-electron chi connectivity index (χ3n) is 4.09. The predicted molar refractivity (Wildman–Crippen MR) is 90.5 cm³/mol. The van der Waals surface area contributed by atoms with Gasteiger partial charge in [0, 0.05) is 6.54 Å². The standard InChI is InChI=1S/C18H21FN4O2/c1-18(2,20)17(24)23-9-5-7-14(23)13-10-21-11-16(22-13)25-15-8-4-3-6-12(15)19/h3-4,6,8,10-11,14H,5,7,9,20H2,1-2H3. The molecular weight excluding hydrogens is 323 g/mol. The van der Waals surface area contributed by atoms with Crippen LogP contribution in [0.4, 0.5) is 4.39 Å². The number of nitrogens with zero attached hydrogens (tertiary/aromatic N) is 3. The van der Waals surface area contributed by atoms with Crippen LogP contribution in [0, 0.1) is 5.82 Å². The lowest BCUT2D eigenvalue weighted by molar-refractivity contribution is -0.136. The van der Waals surface area contributed by atoms with Gasteiger partial charge in [0.2, 0.25) is 11.8 Å². The number of para-hydroxylation sites is 1. The molecule has 0 aliphatic carbocycles. The molecule has 0 saturated carbocycles. The SMILES string of the molecule is CC(C)(N)C(=O)N1CCCC1c1cncc(Oc2ccccc2F)n1. The number of nitrogens with two attached hydrogens (primary N) is 1. The van der Waals surface area contributed by atoms with Gasteiger partial charge in [0.25, 0.3) is 0 Å². The van der Waals surface area contributed by atoms with Gasteiger partial charge >= 0.3 is 0 Å². The number of carbonyl (C=O) groups excluding carboxylic acids is 1. The topological polar surface area (TPSA) is 81.3 Å². The molecule has 132 valence electrons. The molecule has 1 atom stereocenters. The highest BCUT2D eigenvalue weighted by atomic mass is 19.1. The minimum absolute atomic E-state index is 0.0800. The maximum Gasteiger partial charge on any atom is 0.242 e. The van der Waals surface area contributed by atoms with Gasteiger partial charge in [-0.2, -0.15) is 0 Å². The van der Waals surface area contributed by atoms with Gasteiger partial charge in [-0.3, -0.25) is 9.78 Å². The van der Waals surface area contributed by atoms with E-state index in [9.17, 15) is 9.18 Å². The van der Waals surface area contributed by atoms with Crippen LogP contribution < -0.4 is 10.5 Å². The molecule has 1 aliphatic heterocycles. The molecule has 2 aromatic rings. The van der Waals surface area contributed by atoms with Gasteiger partial charge in [-0.15, -0.1) is 0 Å². The van der Waals surface area contributed by atoms with Crippen LogP contribution in [0.2, 0.25) is 0 Å². The van der Waals surface area contributed by atoms with Crippen LogP contribution in [0.5, 0.6) is 11.6 Å². The average Bonchev–Trinajstić information content (AvgIpc) is 3.05. The van der Waals surface area contributed by atoms with Crippen LogP contribution in [0.25, 0.3) is 0 Å². The molecule has 1 aromatic heterocycles. The van der Waals surface area contributed by atoms with E-state index in [1.807, 2.05) is 0 Å². The van der Waals surface area contributed by atoms with Crippen LogP contribution >= 0.6 is 0 Å². The normalized spacial score (nSPS) is 17.6. The Morgan fingerprint density at radius 1 is 1.36 bits per heavy atom. The average molecular weight is 344 g/mol. The minimum atomic E-state index is -0.947. The van der Waals surface area contributed by atoms with Crippen molar-refractivity contribution in [2.45, 2.75) is 38.3 Å². The molecule has 0 bridgehead atoms. The first-order chi connectivity index (χ1) is 11.9. The summed E-state index contributed by atoms with van der Waals surface area (Å²) in [7, 11) is 0. The zero-order chi connectivity index (χ0) is 18.0. The van der Waals surface area contributed by atoms with Crippen molar-refractivity contribution in [2.75, 3.05) is 6.54 Å². The van der Waals surface area contributed by atoms with Crippen LogP contribution in [0.3, 0.4) is 0 Å². The Morgan fingerprint density at radius 2 is 2.12 bits per heavy atom. The van der Waals surface area contributed by atoms with Crippen molar-refractivity contribution in [3.8, 4) is 11.6 Å².